The Balaban J connectivity index is 1.79. The molecule has 0 aromatic heterocycles. The number of carboxylic acid groups (broad SMARTS) is 1. The first-order chi connectivity index (χ1) is 12.0. The van der Waals surface area contributed by atoms with Crippen LogP contribution >= 0.6 is 0 Å². The Morgan fingerprint density at radius 2 is 2.08 bits per heavy atom. The first-order valence-electron chi connectivity index (χ1n) is 7.61. The molecule has 0 amide bonds. The summed E-state index contributed by atoms with van der Waals surface area (Å²) in [7, 11) is 0. The van der Waals surface area contributed by atoms with Gasteiger partial charge in [-0.05, 0) is 35.9 Å². The Morgan fingerprint density at radius 3 is 2.88 bits per heavy atom. The third kappa shape index (κ3) is 2.72. The fourth-order valence-corrected chi connectivity index (χ4v) is 3.08. The van der Waals surface area contributed by atoms with Crippen molar-refractivity contribution in [2.24, 2.45) is 0 Å². The molecule has 2 aliphatic heterocycles. The minimum atomic E-state index is -1.35. The molecule has 0 radical (unpaired) electrons. The molecule has 0 unspecified atom stereocenters. The molecule has 1 atom stereocenters. The topological polar surface area (TPSA) is 84.9 Å². The number of ketones is 1. The van der Waals surface area contributed by atoms with Gasteiger partial charge in [0, 0.05) is 11.1 Å². The van der Waals surface area contributed by atoms with Crippen molar-refractivity contribution in [1.29, 1.82) is 0 Å². The normalized spacial score (nSPS) is 18.6. The molecule has 2 aromatic rings. The number of benzene rings is 2. The van der Waals surface area contributed by atoms with Gasteiger partial charge in [-0.15, -0.1) is 0 Å². The lowest BCUT2D eigenvalue weighted by molar-refractivity contribution is -0.255. The number of ether oxygens (including phenoxy) is 3. The zero-order valence-electron chi connectivity index (χ0n) is 12.9. The lowest BCUT2D eigenvalue weighted by atomic mass is 9.93. The van der Waals surface area contributed by atoms with Crippen molar-refractivity contribution in [2.75, 3.05) is 6.79 Å². The van der Waals surface area contributed by atoms with Gasteiger partial charge in [0.15, 0.2) is 12.6 Å². The molecule has 0 bridgehead atoms. The Morgan fingerprint density at radius 1 is 1.24 bits per heavy atom. The van der Waals surface area contributed by atoms with Gasteiger partial charge < -0.3 is 24.1 Å². The van der Waals surface area contributed by atoms with Crippen LogP contribution in [0, 0.1) is 5.82 Å². The molecule has 0 N–H and O–H groups in total. The summed E-state index contributed by atoms with van der Waals surface area (Å²) in [6.07, 6.45) is -0.791. The molecular weight excluding hydrogens is 331 g/mol. The summed E-state index contributed by atoms with van der Waals surface area (Å²) in [6, 6.07) is 6.51. The summed E-state index contributed by atoms with van der Waals surface area (Å²) < 4.78 is 29.8. The van der Waals surface area contributed by atoms with E-state index in [-0.39, 0.29) is 42.5 Å². The molecule has 4 rings (SSSR count). The van der Waals surface area contributed by atoms with Crippen molar-refractivity contribution in [3.05, 3.63) is 58.4 Å². The van der Waals surface area contributed by atoms with Gasteiger partial charge in [0.05, 0.1) is 24.6 Å². The second kappa shape index (κ2) is 5.86. The van der Waals surface area contributed by atoms with E-state index in [1.807, 2.05) is 0 Å². The van der Waals surface area contributed by atoms with E-state index in [0.717, 1.165) is 6.07 Å². The lowest BCUT2D eigenvalue weighted by Gasteiger charge is -2.29. The van der Waals surface area contributed by atoms with Crippen LogP contribution in [0.25, 0.3) is 0 Å². The van der Waals surface area contributed by atoms with Crippen molar-refractivity contribution >= 4 is 11.8 Å². The van der Waals surface area contributed by atoms with Gasteiger partial charge in [-0.2, -0.15) is 0 Å². The van der Waals surface area contributed by atoms with Gasteiger partial charge in [0.25, 0.3) is 0 Å². The Hall–Kier alpha value is -2.93. The Bertz CT molecular complexity index is 891. The zero-order valence-corrected chi connectivity index (χ0v) is 12.9. The molecule has 128 valence electrons. The molecule has 0 saturated heterocycles. The van der Waals surface area contributed by atoms with Crippen LogP contribution in [0.2, 0.25) is 0 Å². The number of fused-ring (bicyclic) bond motifs is 2. The van der Waals surface area contributed by atoms with Crippen molar-refractivity contribution < 1.29 is 33.3 Å². The molecule has 7 heteroatoms. The van der Waals surface area contributed by atoms with Crippen molar-refractivity contribution in [3.8, 4) is 11.5 Å². The number of carbonyl (C=O) groups excluding carboxylic acids is 2. The quantitative estimate of drug-likeness (QED) is 0.826. The molecule has 6 nitrogen and oxygen atoms in total. The predicted molar refractivity (Wildman–Crippen MR) is 79.8 cm³/mol. The number of Topliss-reactive ketones (excluding diaryl/α,β-unsaturated/α-hetero) is 1. The minimum Gasteiger partial charge on any atom is -0.545 e. The van der Waals surface area contributed by atoms with Gasteiger partial charge >= 0.3 is 0 Å². The summed E-state index contributed by atoms with van der Waals surface area (Å²) in [5.74, 6) is -1.46. The van der Waals surface area contributed by atoms with Crippen molar-refractivity contribution in [3.63, 3.8) is 0 Å². The van der Waals surface area contributed by atoms with Crippen LogP contribution in [-0.2, 0) is 11.3 Å². The third-order valence-corrected chi connectivity index (χ3v) is 4.20. The number of hydrogen-bond donors (Lipinski definition) is 0. The zero-order chi connectivity index (χ0) is 17.6. The molecule has 2 aromatic carbocycles. The fourth-order valence-electron chi connectivity index (χ4n) is 3.08. The van der Waals surface area contributed by atoms with Crippen LogP contribution in [-0.4, -0.2) is 18.5 Å². The van der Waals surface area contributed by atoms with Crippen LogP contribution in [0.15, 0.2) is 30.3 Å². The third-order valence-electron chi connectivity index (χ3n) is 4.20. The van der Waals surface area contributed by atoms with Gasteiger partial charge in [0.2, 0.25) is 0 Å². The highest BCUT2D eigenvalue weighted by Gasteiger charge is 2.32. The average Bonchev–Trinajstić information content (AvgIpc) is 2.61. The second-order valence-corrected chi connectivity index (χ2v) is 5.83. The molecule has 2 heterocycles. The SMILES string of the molecule is O=C([O-])c1cc2c(c([C@H]3CC(=O)c4cc(F)ccc4O3)c1)OCOC2. The first kappa shape index (κ1) is 15.6. The highest BCUT2D eigenvalue weighted by atomic mass is 19.1. The number of hydrogen-bond acceptors (Lipinski definition) is 6. The maximum atomic E-state index is 13.3. The summed E-state index contributed by atoms with van der Waals surface area (Å²) in [5.41, 5.74) is 1.10. The highest BCUT2D eigenvalue weighted by Crippen LogP contribution is 2.41. The van der Waals surface area contributed by atoms with E-state index in [2.05, 4.69) is 0 Å². The van der Waals surface area contributed by atoms with Gasteiger partial charge in [-0.1, -0.05) is 0 Å². The fraction of sp³-hybridized carbons (Fsp3) is 0.222. The lowest BCUT2D eigenvalue weighted by Crippen LogP contribution is -2.26. The summed E-state index contributed by atoms with van der Waals surface area (Å²) in [4.78, 5) is 23.6. The average molecular weight is 343 g/mol. The summed E-state index contributed by atoms with van der Waals surface area (Å²) in [6.45, 7) is 0.207. The monoisotopic (exact) mass is 343 g/mol. The number of halogens is 1. The van der Waals surface area contributed by atoms with Crippen LogP contribution in [0.1, 0.15) is 44.4 Å². The predicted octanol–water partition coefficient (Wildman–Crippen LogP) is 1.76. The van der Waals surface area contributed by atoms with E-state index >= 15 is 0 Å². The maximum Gasteiger partial charge on any atom is 0.189 e. The number of aromatic carboxylic acids is 1. The van der Waals surface area contributed by atoms with Crippen LogP contribution in [0.4, 0.5) is 4.39 Å². The molecular formula is C18H12FO6-. The van der Waals surface area contributed by atoms with Gasteiger partial charge in [0.1, 0.15) is 23.4 Å². The smallest absolute Gasteiger partial charge is 0.189 e. The number of carboxylic acids is 1. The van der Waals surface area contributed by atoms with Gasteiger partial charge in [-0.25, -0.2) is 4.39 Å². The summed E-state index contributed by atoms with van der Waals surface area (Å²) >= 11 is 0. The largest absolute Gasteiger partial charge is 0.545 e. The molecule has 25 heavy (non-hydrogen) atoms. The highest BCUT2D eigenvalue weighted by molar-refractivity contribution is 6.00. The molecule has 0 fully saturated rings. The van der Waals surface area contributed by atoms with Crippen LogP contribution in [0.3, 0.4) is 0 Å². The standard InChI is InChI=1S/C18H13FO6/c19-11-1-2-15-12(5-11)14(20)6-16(25-15)13-4-9(18(21)22)3-10-7-23-8-24-17(10)13/h1-5,16H,6-8H2,(H,21,22)/p-1/t16-/m1/s1. The Labute approximate surface area is 141 Å². The maximum absolute atomic E-state index is 13.3. The van der Waals surface area contributed by atoms with E-state index in [4.69, 9.17) is 14.2 Å². The second-order valence-electron chi connectivity index (χ2n) is 5.83. The van der Waals surface area contributed by atoms with Crippen molar-refractivity contribution in [2.45, 2.75) is 19.1 Å². The van der Waals surface area contributed by atoms with Crippen LogP contribution in [0.5, 0.6) is 11.5 Å². The molecule has 0 aliphatic carbocycles. The van der Waals surface area contributed by atoms with E-state index in [1.165, 1.54) is 24.3 Å². The molecule has 0 spiro atoms. The van der Waals surface area contributed by atoms with E-state index in [0.29, 0.717) is 16.9 Å². The van der Waals surface area contributed by atoms with Crippen molar-refractivity contribution in [1.82, 2.24) is 0 Å². The van der Waals surface area contributed by atoms with E-state index in [9.17, 15) is 19.1 Å². The molecule has 2 aliphatic rings. The molecule has 0 saturated carbocycles. The number of carbonyl (C=O) groups is 2. The number of rotatable bonds is 2. The Kier molecular flexibility index (Phi) is 3.65. The van der Waals surface area contributed by atoms with Crippen LogP contribution < -0.4 is 14.6 Å². The van der Waals surface area contributed by atoms with E-state index < -0.39 is 17.9 Å². The van der Waals surface area contributed by atoms with Gasteiger partial charge in [-0.3, -0.25) is 4.79 Å². The first-order valence-corrected chi connectivity index (χ1v) is 7.61. The minimum absolute atomic E-state index is 0.0210. The summed E-state index contributed by atoms with van der Waals surface area (Å²) in [5, 5.41) is 11.3. The van der Waals surface area contributed by atoms with E-state index in [1.54, 1.807) is 0 Å².